The van der Waals surface area contributed by atoms with Gasteiger partial charge in [-0.1, -0.05) is 12.1 Å². The van der Waals surface area contributed by atoms with E-state index in [1.165, 1.54) is 24.0 Å². The Kier molecular flexibility index (Phi) is 2.19. The fourth-order valence-electron chi connectivity index (χ4n) is 1.87. The highest BCUT2D eigenvalue weighted by atomic mass is 32.1. The smallest absolute Gasteiger partial charge is 0.168 e. The van der Waals surface area contributed by atoms with Gasteiger partial charge in [0.1, 0.15) is 0 Å². The Morgan fingerprint density at radius 1 is 1.38 bits per heavy atom. The summed E-state index contributed by atoms with van der Waals surface area (Å²) in [6.07, 6.45) is 3.56. The minimum atomic E-state index is 0.347. The van der Waals surface area contributed by atoms with Crippen molar-refractivity contribution >= 4 is 23.0 Å². The van der Waals surface area contributed by atoms with Crippen LogP contribution in [0.4, 0.5) is 5.69 Å². The zero-order valence-electron chi connectivity index (χ0n) is 7.34. The van der Waals surface area contributed by atoms with Crippen molar-refractivity contribution in [2.24, 2.45) is 5.73 Å². The molecule has 68 valence electrons. The van der Waals surface area contributed by atoms with Crippen molar-refractivity contribution in [3.05, 3.63) is 29.3 Å². The molecule has 0 unspecified atom stereocenters. The molecule has 0 aromatic heterocycles. The second-order valence-electron chi connectivity index (χ2n) is 3.29. The van der Waals surface area contributed by atoms with Crippen molar-refractivity contribution in [1.82, 2.24) is 0 Å². The molecular formula is C10H12N2S. The fourth-order valence-corrected chi connectivity index (χ4v) is 1.98. The van der Waals surface area contributed by atoms with E-state index in [1.807, 2.05) is 12.1 Å². The molecule has 1 aromatic rings. The van der Waals surface area contributed by atoms with Crippen molar-refractivity contribution in [2.75, 3.05) is 5.32 Å². The lowest BCUT2D eigenvalue weighted by Gasteiger charge is -2.08. The summed E-state index contributed by atoms with van der Waals surface area (Å²) in [7, 11) is 0. The minimum absolute atomic E-state index is 0.347. The first-order valence-electron chi connectivity index (χ1n) is 4.44. The van der Waals surface area contributed by atoms with E-state index in [1.54, 1.807) is 0 Å². The number of thiocarbonyl (C=S) groups is 1. The molecule has 0 atom stereocenters. The van der Waals surface area contributed by atoms with Crippen LogP contribution in [0.5, 0.6) is 0 Å². The Bertz CT molecular complexity index is 347. The number of hydrogen-bond donors (Lipinski definition) is 2. The van der Waals surface area contributed by atoms with Gasteiger partial charge in [-0.3, -0.25) is 0 Å². The number of nitrogens with one attached hydrogen (secondary N) is 1. The van der Waals surface area contributed by atoms with E-state index >= 15 is 0 Å². The van der Waals surface area contributed by atoms with Gasteiger partial charge >= 0.3 is 0 Å². The highest BCUT2D eigenvalue weighted by Gasteiger charge is 2.13. The largest absolute Gasteiger partial charge is 0.376 e. The first-order chi connectivity index (χ1) is 6.27. The van der Waals surface area contributed by atoms with Crippen LogP contribution in [0.15, 0.2) is 18.2 Å². The number of fused-ring (bicyclic) bond motifs is 1. The molecule has 0 heterocycles. The van der Waals surface area contributed by atoms with Crippen molar-refractivity contribution in [3.8, 4) is 0 Å². The molecule has 0 amide bonds. The number of hydrogen-bond acceptors (Lipinski definition) is 1. The van der Waals surface area contributed by atoms with E-state index in [4.69, 9.17) is 18.0 Å². The highest BCUT2D eigenvalue weighted by Crippen LogP contribution is 2.28. The molecule has 3 heteroatoms. The molecule has 1 aromatic carbocycles. The molecule has 13 heavy (non-hydrogen) atoms. The lowest BCUT2D eigenvalue weighted by Crippen LogP contribution is -2.19. The van der Waals surface area contributed by atoms with E-state index in [0.29, 0.717) is 5.11 Å². The number of rotatable bonds is 1. The highest BCUT2D eigenvalue weighted by molar-refractivity contribution is 7.80. The van der Waals surface area contributed by atoms with Crippen molar-refractivity contribution < 1.29 is 0 Å². The summed E-state index contributed by atoms with van der Waals surface area (Å²) in [5.74, 6) is 0. The molecule has 0 radical (unpaired) electrons. The van der Waals surface area contributed by atoms with Crippen LogP contribution in [0.2, 0.25) is 0 Å². The van der Waals surface area contributed by atoms with Crippen molar-refractivity contribution in [1.29, 1.82) is 0 Å². The number of aryl methyl sites for hydroxylation is 1. The maximum atomic E-state index is 5.44. The normalized spacial score (nSPS) is 13.8. The van der Waals surface area contributed by atoms with Gasteiger partial charge in [0.05, 0.1) is 0 Å². The van der Waals surface area contributed by atoms with E-state index in [0.717, 1.165) is 12.1 Å². The Balaban J connectivity index is 2.36. The molecule has 0 saturated carbocycles. The van der Waals surface area contributed by atoms with Gasteiger partial charge in [-0.25, -0.2) is 0 Å². The van der Waals surface area contributed by atoms with Crippen LogP contribution < -0.4 is 11.1 Å². The molecule has 1 aliphatic rings. The predicted octanol–water partition coefficient (Wildman–Crippen LogP) is 1.83. The summed E-state index contributed by atoms with van der Waals surface area (Å²) in [6.45, 7) is 0. The van der Waals surface area contributed by atoms with Crippen LogP contribution in [-0.4, -0.2) is 5.11 Å². The topological polar surface area (TPSA) is 38.0 Å². The lowest BCUT2D eigenvalue weighted by molar-refractivity contribution is 0.912. The third-order valence-corrected chi connectivity index (χ3v) is 2.51. The maximum Gasteiger partial charge on any atom is 0.168 e. The molecule has 0 saturated heterocycles. The van der Waals surface area contributed by atoms with Crippen LogP contribution in [0.3, 0.4) is 0 Å². The standard InChI is InChI=1S/C10H12N2S/c11-10(13)12-9-6-2-4-7-3-1-5-8(7)9/h2,4,6H,1,3,5H2,(H3,11,12,13). The molecule has 0 aliphatic heterocycles. The van der Waals surface area contributed by atoms with Gasteiger partial charge in [0.15, 0.2) is 5.11 Å². The van der Waals surface area contributed by atoms with Gasteiger partial charge in [0.2, 0.25) is 0 Å². The maximum absolute atomic E-state index is 5.44. The first kappa shape index (κ1) is 8.51. The zero-order valence-corrected chi connectivity index (χ0v) is 8.16. The fraction of sp³-hybridized carbons (Fsp3) is 0.300. The molecule has 2 rings (SSSR count). The number of benzene rings is 1. The number of nitrogens with two attached hydrogens (primary N) is 1. The van der Waals surface area contributed by atoms with Crippen molar-refractivity contribution in [2.45, 2.75) is 19.3 Å². The van der Waals surface area contributed by atoms with Gasteiger partial charge in [0.25, 0.3) is 0 Å². The van der Waals surface area contributed by atoms with Gasteiger partial charge in [0, 0.05) is 5.69 Å². The molecule has 2 nitrogen and oxygen atoms in total. The van der Waals surface area contributed by atoms with E-state index in [2.05, 4.69) is 11.4 Å². The SMILES string of the molecule is NC(=S)Nc1cccc2c1CCC2. The van der Waals surface area contributed by atoms with Gasteiger partial charge in [-0.15, -0.1) is 0 Å². The Morgan fingerprint density at radius 2 is 2.23 bits per heavy atom. The summed E-state index contributed by atoms with van der Waals surface area (Å²) in [5.41, 5.74) is 9.34. The van der Waals surface area contributed by atoms with Crippen LogP contribution in [-0.2, 0) is 12.8 Å². The van der Waals surface area contributed by atoms with Gasteiger partial charge < -0.3 is 11.1 Å². The van der Waals surface area contributed by atoms with Crippen LogP contribution in [0.1, 0.15) is 17.5 Å². The Labute approximate surface area is 83.1 Å². The van der Waals surface area contributed by atoms with E-state index in [-0.39, 0.29) is 0 Å². The predicted molar refractivity (Wildman–Crippen MR) is 58.9 cm³/mol. The third-order valence-electron chi connectivity index (χ3n) is 2.40. The molecule has 3 N–H and O–H groups in total. The van der Waals surface area contributed by atoms with Crippen LogP contribution in [0.25, 0.3) is 0 Å². The summed E-state index contributed by atoms with van der Waals surface area (Å²) in [5, 5.41) is 3.36. The summed E-state index contributed by atoms with van der Waals surface area (Å²) in [4.78, 5) is 0. The molecular weight excluding hydrogens is 180 g/mol. The molecule has 1 aliphatic carbocycles. The summed E-state index contributed by atoms with van der Waals surface area (Å²) >= 11 is 4.82. The van der Waals surface area contributed by atoms with Gasteiger partial charge in [-0.2, -0.15) is 0 Å². The second-order valence-corrected chi connectivity index (χ2v) is 3.73. The Hall–Kier alpha value is -1.09. The first-order valence-corrected chi connectivity index (χ1v) is 4.85. The number of anilines is 1. The monoisotopic (exact) mass is 192 g/mol. The average Bonchev–Trinajstić information content (AvgIpc) is 2.51. The molecule has 0 spiro atoms. The van der Waals surface area contributed by atoms with Gasteiger partial charge in [-0.05, 0) is 48.7 Å². The lowest BCUT2D eigenvalue weighted by atomic mass is 10.1. The Morgan fingerprint density at radius 3 is 3.00 bits per heavy atom. The van der Waals surface area contributed by atoms with Crippen LogP contribution in [0, 0.1) is 0 Å². The van der Waals surface area contributed by atoms with E-state index in [9.17, 15) is 0 Å². The van der Waals surface area contributed by atoms with Crippen LogP contribution >= 0.6 is 12.2 Å². The third kappa shape index (κ3) is 1.65. The minimum Gasteiger partial charge on any atom is -0.376 e. The summed E-state index contributed by atoms with van der Waals surface area (Å²) < 4.78 is 0. The van der Waals surface area contributed by atoms with E-state index < -0.39 is 0 Å². The summed E-state index contributed by atoms with van der Waals surface area (Å²) in [6, 6.07) is 6.25. The zero-order chi connectivity index (χ0) is 9.26. The molecule has 0 fully saturated rings. The van der Waals surface area contributed by atoms with Crippen molar-refractivity contribution in [3.63, 3.8) is 0 Å². The average molecular weight is 192 g/mol. The second kappa shape index (κ2) is 3.34. The molecule has 0 bridgehead atoms. The quantitative estimate of drug-likeness (QED) is 0.667.